The molecule has 2 atom stereocenters. The van der Waals surface area contributed by atoms with Gasteiger partial charge in [-0.1, -0.05) is 22.0 Å². The molecule has 18 heavy (non-hydrogen) atoms. The van der Waals surface area contributed by atoms with Gasteiger partial charge in [0.15, 0.2) is 9.84 Å². The van der Waals surface area contributed by atoms with Crippen LogP contribution in [0.1, 0.15) is 24.8 Å². The molecule has 1 aromatic carbocycles. The molecule has 0 bridgehead atoms. The lowest BCUT2D eigenvalue weighted by Crippen LogP contribution is -2.21. The summed E-state index contributed by atoms with van der Waals surface area (Å²) in [5.41, 5.74) is 0.748. The third-order valence-electron chi connectivity index (χ3n) is 2.67. The molecule has 0 saturated carbocycles. The van der Waals surface area contributed by atoms with E-state index in [0.29, 0.717) is 6.61 Å². The Hall–Kier alpha value is -0.260. The molecule has 0 N–H and O–H groups in total. The third kappa shape index (κ3) is 3.87. The standard InChI is InChI=1S/C12H16BrClO3S/c1-4-17-9-5-6-10(11(13)7-9)12(14)8(2)18(3,15)16/h5-8,12H,4H2,1-3H3. The smallest absolute Gasteiger partial charge is 0.151 e. The highest BCUT2D eigenvalue weighted by atomic mass is 79.9. The first kappa shape index (κ1) is 15.8. The van der Waals surface area contributed by atoms with Gasteiger partial charge in [-0.05, 0) is 31.5 Å². The summed E-state index contributed by atoms with van der Waals surface area (Å²) < 4.78 is 29.1. The van der Waals surface area contributed by atoms with Crippen LogP contribution in [0.2, 0.25) is 0 Å². The fourth-order valence-electron chi connectivity index (χ4n) is 1.46. The summed E-state index contributed by atoms with van der Waals surface area (Å²) in [6.07, 6.45) is 1.19. The molecule has 0 aliphatic carbocycles. The number of sulfone groups is 1. The average molecular weight is 356 g/mol. The van der Waals surface area contributed by atoms with Gasteiger partial charge in [-0.15, -0.1) is 11.6 Å². The number of ether oxygens (including phenoxy) is 1. The molecule has 0 fully saturated rings. The largest absolute Gasteiger partial charge is 0.494 e. The summed E-state index contributed by atoms with van der Waals surface area (Å²) in [6.45, 7) is 4.09. The van der Waals surface area contributed by atoms with Crippen LogP contribution in [0.3, 0.4) is 0 Å². The zero-order valence-corrected chi connectivity index (χ0v) is 13.6. The molecule has 6 heteroatoms. The fourth-order valence-corrected chi connectivity index (χ4v) is 3.53. The number of hydrogen-bond acceptors (Lipinski definition) is 3. The molecule has 0 aliphatic heterocycles. The van der Waals surface area contributed by atoms with Crippen molar-refractivity contribution in [2.45, 2.75) is 24.5 Å². The van der Waals surface area contributed by atoms with Gasteiger partial charge in [0.25, 0.3) is 0 Å². The van der Waals surface area contributed by atoms with Crippen molar-refractivity contribution in [2.75, 3.05) is 12.9 Å². The Kier molecular flexibility index (Phi) is 5.49. The van der Waals surface area contributed by atoms with Crippen LogP contribution in [0.25, 0.3) is 0 Å². The lowest BCUT2D eigenvalue weighted by molar-refractivity contribution is 0.340. The van der Waals surface area contributed by atoms with Crippen LogP contribution in [0.5, 0.6) is 5.75 Å². The van der Waals surface area contributed by atoms with E-state index in [2.05, 4.69) is 15.9 Å². The summed E-state index contributed by atoms with van der Waals surface area (Å²) in [7, 11) is -3.17. The van der Waals surface area contributed by atoms with E-state index in [-0.39, 0.29) is 0 Å². The molecule has 102 valence electrons. The van der Waals surface area contributed by atoms with Crippen molar-refractivity contribution in [1.29, 1.82) is 0 Å². The summed E-state index contributed by atoms with van der Waals surface area (Å²) in [5, 5.41) is -1.24. The second kappa shape index (κ2) is 6.26. The van der Waals surface area contributed by atoms with Crippen molar-refractivity contribution in [3.8, 4) is 5.75 Å². The average Bonchev–Trinajstić information content (AvgIpc) is 2.26. The number of rotatable bonds is 5. The van der Waals surface area contributed by atoms with E-state index in [9.17, 15) is 8.42 Å². The molecular formula is C12H16BrClO3S. The number of hydrogen-bond donors (Lipinski definition) is 0. The summed E-state index contributed by atoms with van der Waals surface area (Å²) >= 11 is 9.62. The Bertz CT molecular complexity index is 516. The van der Waals surface area contributed by atoms with Crippen molar-refractivity contribution in [1.82, 2.24) is 0 Å². The normalized spacial score (nSPS) is 15.2. The van der Waals surface area contributed by atoms with Gasteiger partial charge in [-0.3, -0.25) is 0 Å². The van der Waals surface area contributed by atoms with Gasteiger partial charge in [0.1, 0.15) is 5.75 Å². The van der Waals surface area contributed by atoms with E-state index in [4.69, 9.17) is 16.3 Å². The molecule has 1 aromatic rings. The third-order valence-corrected chi connectivity index (χ3v) is 5.74. The lowest BCUT2D eigenvalue weighted by atomic mass is 10.1. The van der Waals surface area contributed by atoms with E-state index in [1.54, 1.807) is 25.1 Å². The Morgan fingerprint density at radius 1 is 1.44 bits per heavy atom. The minimum Gasteiger partial charge on any atom is -0.494 e. The van der Waals surface area contributed by atoms with Gasteiger partial charge in [0.05, 0.1) is 17.2 Å². The Labute approximate surface area is 122 Å². The van der Waals surface area contributed by atoms with Gasteiger partial charge in [0.2, 0.25) is 0 Å². The van der Waals surface area contributed by atoms with Crippen molar-refractivity contribution in [3.63, 3.8) is 0 Å². The van der Waals surface area contributed by atoms with Gasteiger partial charge in [-0.25, -0.2) is 8.42 Å². The highest BCUT2D eigenvalue weighted by molar-refractivity contribution is 9.10. The van der Waals surface area contributed by atoms with Gasteiger partial charge in [0, 0.05) is 10.7 Å². The zero-order chi connectivity index (χ0) is 13.9. The van der Waals surface area contributed by atoms with E-state index in [0.717, 1.165) is 15.8 Å². The van der Waals surface area contributed by atoms with Crippen LogP contribution >= 0.6 is 27.5 Å². The highest BCUT2D eigenvalue weighted by Crippen LogP contribution is 2.35. The predicted molar refractivity (Wildman–Crippen MR) is 78.2 cm³/mol. The fraction of sp³-hybridized carbons (Fsp3) is 0.500. The molecule has 0 radical (unpaired) electrons. The monoisotopic (exact) mass is 354 g/mol. The molecule has 0 saturated heterocycles. The van der Waals surface area contributed by atoms with Gasteiger partial charge in [-0.2, -0.15) is 0 Å². The first-order valence-electron chi connectivity index (χ1n) is 5.52. The van der Waals surface area contributed by atoms with Crippen LogP contribution in [0, 0.1) is 0 Å². The maximum Gasteiger partial charge on any atom is 0.151 e. The Morgan fingerprint density at radius 2 is 2.06 bits per heavy atom. The predicted octanol–water partition coefficient (Wildman–Crippen LogP) is 3.56. The molecule has 0 aromatic heterocycles. The van der Waals surface area contributed by atoms with Gasteiger partial charge >= 0.3 is 0 Å². The second-order valence-electron chi connectivity index (χ2n) is 4.05. The summed E-state index contributed by atoms with van der Waals surface area (Å²) in [6, 6.07) is 5.37. The lowest BCUT2D eigenvalue weighted by Gasteiger charge is -2.18. The zero-order valence-electron chi connectivity index (χ0n) is 10.5. The van der Waals surface area contributed by atoms with E-state index in [1.165, 1.54) is 6.26 Å². The van der Waals surface area contributed by atoms with Crippen molar-refractivity contribution in [3.05, 3.63) is 28.2 Å². The topological polar surface area (TPSA) is 43.4 Å². The van der Waals surface area contributed by atoms with Crippen molar-refractivity contribution < 1.29 is 13.2 Å². The van der Waals surface area contributed by atoms with Crippen LogP contribution < -0.4 is 4.74 Å². The van der Waals surface area contributed by atoms with E-state index in [1.807, 2.05) is 6.92 Å². The SMILES string of the molecule is CCOc1ccc(C(Cl)C(C)S(C)(=O)=O)c(Br)c1. The molecule has 2 unspecified atom stereocenters. The summed E-state index contributed by atoms with van der Waals surface area (Å²) in [4.78, 5) is 0. The maximum atomic E-state index is 11.5. The Balaban J connectivity index is 3.04. The van der Waals surface area contributed by atoms with Crippen molar-refractivity contribution in [2.24, 2.45) is 0 Å². The molecule has 3 nitrogen and oxygen atoms in total. The second-order valence-corrected chi connectivity index (χ2v) is 7.78. The number of benzene rings is 1. The van der Waals surface area contributed by atoms with E-state index < -0.39 is 20.5 Å². The molecule has 0 heterocycles. The number of alkyl halides is 1. The first-order chi connectivity index (χ1) is 8.27. The minimum atomic E-state index is -3.17. The van der Waals surface area contributed by atoms with Crippen LogP contribution in [0.15, 0.2) is 22.7 Å². The highest BCUT2D eigenvalue weighted by Gasteiger charge is 2.27. The quantitative estimate of drug-likeness (QED) is 0.759. The molecular weight excluding hydrogens is 340 g/mol. The van der Waals surface area contributed by atoms with Crippen LogP contribution in [-0.4, -0.2) is 26.5 Å². The minimum absolute atomic E-state index is 0.579. The molecule has 1 rings (SSSR count). The van der Waals surface area contributed by atoms with Gasteiger partial charge < -0.3 is 4.74 Å². The molecule has 0 amide bonds. The maximum absolute atomic E-state index is 11.5. The molecule has 0 spiro atoms. The van der Waals surface area contributed by atoms with E-state index >= 15 is 0 Å². The Morgan fingerprint density at radius 3 is 2.50 bits per heavy atom. The summed E-state index contributed by atoms with van der Waals surface area (Å²) in [5.74, 6) is 0.726. The molecule has 0 aliphatic rings. The first-order valence-corrected chi connectivity index (χ1v) is 8.71. The van der Waals surface area contributed by atoms with Crippen LogP contribution in [0.4, 0.5) is 0 Å². The van der Waals surface area contributed by atoms with Crippen molar-refractivity contribution >= 4 is 37.4 Å². The number of halogens is 2. The van der Waals surface area contributed by atoms with Crippen LogP contribution in [-0.2, 0) is 9.84 Å².